The van der Waals surface area contributed by atoms with Gasteiger partial charge < -0.3 is 15.7 Å². The number of nitrogens with zero attached hydrogens (tertiary/aromatic N) is 5. The number of rotatable bonds is 9. The van der Waals surface area contributed by atoms with Crippen LogP contribution in [0.1, 0.15) is 57.6 Å². The highest BCUT2D eigenvalue weighted by Gasteiger charge is 2.45. The maximum atomic E-state index is 10.8. The molecule has 3 aromatic rings. The molecular formula is C26H34N8O. The average molecular weight is 475 g/mol. The van der Waals surface area contributed by atoms with E-state index < -0.39 is 6.10 Å². The Morgan fingerprint density at radius 1 is 1.26 bits per heavy atom. The normalized spacial score (nSPS) is 23.7. The number of nitrogens with one attached hydrogen (secondary N) is 3. The van der Waals surface area contributed by atoms with Crippen LogP contribution < -0.4 is 10.6 Å². The van der Waals surface area contributed by atoms with Crippen LogP contribution in [0.4, 0.5) is 17.5 Å². The van der Waals surface area contributed by atoms with Crippen molar-refractivity contribution in [2.45, 2.75) is 89.1 Å². The Morgan fingerprint density at radius 3 is 2.74 bits per heavy atom. The molecule has 2 aliphatic heterocycles. The van der Waals surface area contributed by atoms with Gasteiger partial charge in [0.15, 0.2) is 5.82 Å². The van der Waals surface area contributed by atoms with Crippen molar-refractivity contribution in [3.05, 3.63) is 36.2 Å². The van der Waals surface area contributed by atoms with Crippen molar-refractivity contribution in [1.29, 1.82) is 5.26 Å². The summed E-state index contributed by atoms with van der Waals surface area (Å²) in [7, 11) is 0. The van der Waals surface area contributed by atoms with E-state index in [1.807, 2.05) is 31.2 Å². The number of aliphatic hydroxyl groups excluding tert-OH is 1. The van der Waals surface area contributed by atoms with Crippen molar-refractivity contribution in [2.75, 3.05) is 10.6 Å². The lowest BCUT2D eigenvalue weighted by atomic mass is 9.91. The standard InChI is InChI=1S/C26H34N8O/c1-3-5-23(35)22(9-10-27)34-18-7-8-19(34)14-17(13-18)29-26-20-6-4-11-28-21(20)15-24(31-26)30-25-12-16(2)32-33-25/h4,6,11-12,15,17-19,22-23,35H,3,5,7-9,13-14H2,1-2H3,(H3,29,30,31,32,33)/t17?,18-,19+,22?,23?. The molecule has 9 nitrogen and oxygen atoms in total. The highest BCUT2D eigenvalue weighted by molar-refractivity contribution is 5.91. The largest absolute Gasteiger partial charge is 0.391 e. The molecule has 5 atom stereocenters. The van der Waals surface area contributed by atoms with E-state index in [2.05, 4.69) is 43.7 Å². The van der Waals surface area contributed by atoms with Gasteiger partial charge in [0.1, 0.15) is 11.6 Å². The summed E-state index contributed by atoms with van der Waals surface area (Å²) in [5.41, 5.74) is 1.85. The Hall–Kier alpha value is -3.22. The smallest absolute Gasteiger partial charge is 0.153 e. The molecule has 0 aromatic carbocycles. The predicted octanol–water partition coefficient (Wildman–Crippen LogP) is 4.26. The third-order valence-corrected chi connectivity index (χ3v) is 7.40. The number of aromatic nitrogens is 4. The summed E-state index contributed by atoms with van der Waals surface area (Å²) in [4.78, 5) is 11.9. The van der Waals surface area contributed by atoms with Gasteiger partial charge in [-0.15, -0.1) is 0 Å². The van der Waals surface area contributed by atoms with Crippen molar-refractivity contribution in [3.8, 4) is 6.07 Å². The van der Waals surface area contributed by atoms with Crippen molar-refractivity contribution < 1.29 is 5.11 Å². The second kappa shape index (κ2) is 10.2. The van der Waals surface area contributed by atoms with E-state index in [1.165, 1.54) is 0 Å². The first kappa shape index (κ1) is 23.5. The van der Waals surface area contributed by atoms with Crippen LogP contribution in [0.2, 0.25) is 0 Å². The van der Waals surface area contributed by atoms with Crippen LogP contribution in [0.3, 0.4) is 0 Å². The minimum atomic E-state index is -0.447. The summed E-state index contributed by atoms with van der Waals surface area (Å²) >= 11 is 0. The number of aromatic amines is 1. The molecule has 9 heteroatoms. The molecule has 5 rings (SSSR count). The molecule has 0 amide bonds. The van der Waals surface area contributed by atoms with Gasteiger partial charge in [-0.3, -0.25) is 15.0 Å². The first-order valence-electron chi connectivity index (χ1n) is 12.7. The maximum Gasteiger partial charge on any atom is 0.153 e. The molecule has 2 aliphatic rings. The number of hydrogen-bond acceptors (Lipinski definition) is 8. The highest BCUT2D eigenvalue weighted by atomic mass is 16.3. The molecule has 4 N–H and O–H groups in total. The minimum Gasteiger partial charge on any atom is -0.391 e. The summed E-state index contributed by atoms with van der Waals surface area (Å²) in [5.74, 6) is 2.24. The predicted molar refractivity (Wildman–Crippen MR) is 136 cm³/mol. The lowest BCUT2D eigenvalue weighted by molar-refractivity contribution is -0.00181. The van der Waals surface area contributed by atoms with Crippen LogP contribution in [0, 0.1) is 18.3 Å². The van der Waals surface area contributed by atoms with Gasteiger partial charge in [0.05, 0.1) is 24.1 Å². The Labute approximate surface area is 206 Å². The van der Waals surface area contributed by atoms with E-state index >= 15 is 0 Å². The van der Waals surface area contributed by atoms with Gasteiger partial charge in [-0.05, 0) is 51.2 Å². The van der Waals surface area contributed by atoms with Crippen LogP contribution in [0.25, 0.3) is 10.9 Å². The van der Waals surface area contributed by atoms with Crippen molar-refractivity contribution in [2.24, 2.45) is 0 Å². The van der Waals surface area contributed by atoms with Gasteiger partial charge in [-0.2, -0.15) is 10.4 Å². The molecule has 3 unspecified atom stereocenters. The van der Waals surface area contributed by atoms with E-state index in [1.54, 1.807) is 6.20 Å². The zero-order valence-corrected chi connectivity index (χ0v) is 20.4. The minimum absolute atomic E-state index is 0.0774. The van der Waals surface area contributed by atoms with Crippen LogP contribution in [-0.4, -0.2) is 60.4 Å². The average Bonchev–Trinajstić information content (AvgIpc) is 3.36. The monoisotopic (exact) mass is 474 g/mol. The van der Waals surface area contributed by atoms with E-state index in [0.29, 0.717) is 24.3 Å². The molecule has 5 heterocycles. The molecule has 2 fully saturated rings. The number of hydrogen-bond donors (Lipinski definition) is 4. The first-order valence-corrected chi connectivity index (χ1v) is 12.7. The number of anilines is 3. The van der Waals surface area contributed by atoms with Crippen LogP contribution in [0.15, 0.2) is 30.5 Å². The summed E-state index contributed by atoms with van der Waals surface area (Å²) in [6.07, 6.45) is 7.55. The number of piperidine rings is 1. The van der Waals surface area contributed by atoms with E-state index in [0.717, 1.165) is 66.8 Å². The Bertz CT molecular complexity index is 1190. The summed E-state index contributed by atoms with van der Waals surface area (Å²) < 4.78 is 0. The lowest BCUT2D eigenvalue weighted by Gasteiger charge is -2.44. The summed E-state index contributed by atoms with van der Waals surface area (Å²) in [5, 5.41) is 35.4. The van der Waals surface area contributed by atoms with Gasteiger partial charge in [0.25, 0.3) is 0 Å². The number of aliphatic hydroxyl groups is 1. The number of pyridine rings is 2. The molecule has 35 heavy (non-hydrogen) atoms. The second-order valence-corrected chi connectivity index (χ2v) is 9.92. The number of aryl methyl sites for hydroxylation is 1. The topological polar surface area (TPSA) is 126 Å². The van der Waals surface area contributed by atoms with Crippen LogP contribution in [0.5, 0.6) is 0 Å². The summed E-state index contributed by atoms with van der Waals surface area (Å²) in [6.45, 7) is 4.05. The lowest BCUT2D eigenvalue weighted by Crippen LogP contribution is -2.55. The molecule has 2 saturated heterocycles. The third-order valence-electron chi connectivity index (χ3n) is 7.40. The Morgan fingerprint density at radius 2 is 2.06 bits per heavy atom. The fourth-order valence-corrected chi connectivity index (χ4v) is 5.95. The second-order valence-electron chi connectivity index (χ2n) is 9.92. The number of fused-ring (bicyclic) bond motifs is 3. The van der Waals surface area contributed by atoms with Crippen molar-refractivity contribution in [1.82, 2.24) is 25.1 Å². The van der Waals surface area contributed by atoms with Gasteiger partial charge in [-0.25, -0.2) is 4.98 Å². The first-order chi connectivity index (χ1) is 17.1. The SMILES string of the molecule is CCCC(O)C(CC#N)N1[C@@H]2CC[C@H]1CC(Nc1nc(Nc3cc(C)[nH]n3)cc3ncccc13)C2. The third kappa shape index (κ3) is 4.95. The fourth-order valence-electron chi connectivity index (χ4n) is 5.95. The molecule has 184 valence electrons. The number of nitriles is 1. The zero-order valence-electron chi connectivity index (χ0n) is 20.4. The van der Waals surface area contributed by atoms with Crippen LogP contribution >= 0.6 is 0 Å². The Balaban J connectivity index is 1.36. The van der Waals surface area contributed by atoms with Gasteiger partial charge in [-0.1, -0.05) is 13.3 Å². The zero-order chi connectivity index (χ0) is 24.4. The van der Waals surface area contributed by atoms with E-state index in [-0.39, 0.29) is 12.1 Å². The molecule has 0 aliphatic carbocycles. The fraction of sp³-hybridized carbons (Fsp3) is 0.538. The van der Waals surface area contributed by atoms with E-state index in [4.69, 9.17) is 4.98 Å². The van der Waals surface area contributed by atoms with Gasteiger partial charge >= 0.3 is 0 Å². The van der Waals surface area contributed by atoms with Crippen LogP contribution in [-0.2, 0) is 0 Å². The quantitative estimate of drug-likeness (QED) is 0.363. The molecule has 0 spiro atoms. The summed E-state index contributed by atoms with van der Waals surface area (Å²) in [6, 6.07) is 11.1. The number of H-pyrrole nitrogens is 1. The molecular weight excluding hydrogens is 440 g/mol. The van der Waals surface area contributed by atoms with Crippen molar-refractivity contribution >= 4 is 28.4 Å². The van der Waals surface area contributed by atoms with Crippen molar-refractivity contribution in [3.63, 3.8) is 0 Å². The molecule has 3 aromatic heterocycles. The Kier molecular flexibility index (Phi) is 6.84. The maximum absolute atomic E-state index is 10.8. The molecule has 0 saturated carbocycles. The molecule has 0 radical (unpaired) electrons. The molecule has 2 bridgehead atoms. The van der Waals surface area contributed by atoms with E-state index in [9.17, 15) is 10.4 Å². The van der Waals surface area contributed by atoms with Gasteiger partial charge in [0.2, 0.25) is 0 Å². The highest BCUT2D eigenvalue weighted by Crippen LogP contribution is 2.40. The van der Waals surface area contributed by atoms with Gasteiger partial charge in [0, 0.05) is 53.6 Å².